The fourth-order valence-electron chi connectivity index (χ4n) is 3.63. The van der Waals surface area contributed by atoms with Gasteiger partial charge in [-0.25, -0.2) is 0 Å². The Kier molecular flexibility index (Phi) is 4.76. The van der Waals surface area contributed by atoms with E-state index in [1.165, 1.54) is 5.56 Å². The number of carbonyl (C=O) groups excluding carboxylic acids is 1. The highest BCUT2D eigenvalue weighted by Gasteiger charge is 2.25. The van der Waals surface area contributed by atoms with Crippen LogP contribution in [0.4, 0.5) is 5.69 Å². The minimum absolute atomic E-state index is 0.0673. The second-order valence-corrected chi connectivity index (χ2v) is 7.35. The summed E-state index contributed by atoms with van der Waals surface area (Å²) in [6, 6.07) is 22.2. The van der Waals surface area contributed by atoms with E-state index in [-0.39, 0.29) is 12.0 Å². The molecule has 146 valence electrons. The molecule has 0 spiro atoms. The topological polar surface area (TPSA) is 55.8 Å². The first-order chi connectivity index (χ1) is 14.3. The number of hydrogen-bond acceptors (Lipinski definition) is 3. The molecule has 3 aromatic rings. The number of benzene rings is 2. The maximum absolute atomic E-state index is 12.5. The normalized spacial score (nSPS) is 18.7. The molecule has 1 amide bonds. The zero-order valence-electron chi connectivity index (χ0n) is 16.0. The minimum atomic E-state index is -0.0673. The molecule has 29 heavy (non-hydrogen) atoms. The van der Waals surface area contributed by atoms with E-state index in [1.807, 2.05) is 48.5 Å². The quantitative estimate of drug-likeness (QED) is 0.494. The molecule has 2 aromatic carbocycles. The van der Waals surface area contributed by atoms with E-state index in [0.717, 1.165) is 35.8 Å². The number of nitrogens with one attached hydrogen (secondary N) is 1. The van der Waals surface area contributed by atoms with Crippen LogP contribution in [0.25, 0.3) is 11.6 Å². The SMILES string of the molecule is O=C1Nc2ccccc2/C1=C/c1ccc(COCC2CO2)n1Cc1ccccc1. The van der Waals surface area contributed by atoms with Crippen molar-refractivity contribution in [2.45, 2.75) is 19.3 Å². The molecule has 0 bridgehead atoms. The maximum atomic E-state index is 12.5. The lowest BCUT2D eigenvalue weighted by Crippen LogP contribution is -2.10. The Hall–Kier alpha value is -3.15. The number of rotatable bonds is 7. The number of fused-ring (bicyclic) bond motifs is 1. The van der Waals surface area contributed by atoms with Crippen molar-refractivity contribution in [2.75, 3.05) is 18.5 Å². The molecule has 5 nitrogen and oxygen atoms in total. The molecule has 2 aliphatic heterocycles. The fourth-order valence-corrected chi connectivity index (χ4v) is 3.63. The van der Waals surface area contributed by atoms with Crippen LogP contribution < -0.4 is 5.32 Å². The van der Waals surface area contributed by atoms with Gasteiger partial charge in [0.25, 0.3) is 5.91 Å². The second-order valence-electron chi connectivity index (χ2n) is 7.35. The molecule has 0 radical (unpaired) electrons. The van der Waals surface area contributed by atoms with Crippen molar-refractivity contribution in [3.63, 3.8) is 0 Å². The van der Waals surface area contributed by atoms with Gasteiger partial charge in [-0.1, -0.05) is 48.5 Å². The largest absolute Gasteiger partial charge is 0.372 e. The van der Waals surface area contributed by atoms with Crippen LogP contribution in [0, 0.1) is 0 Å². The predicted molar refractivity (Wildman–Crippen MR) is 112 cm³/mol. The molecule has 0 saturated carbocycles. The lowest BCUT2D eigenvalue weighted by Gasteiger charge is -2.13. The summed E-state index contributed by atoms with van der Waals surface area (Å²) in [4.78, 5) is 12.5. The molecular formula is C24H22N2O3. The zero-order valence-corrected chi connectivity index (χ0v) is 16.0. The molecule has 1 aromatic heterocycles. The van der Waals surface area contributed by atoms with Crippen LogP contribution >= 0.6 is 0 Å². The summed E-state index contributed by atoms with van der Waals surface area (Å²) < 4.78 is 13.3. The Labute approximate surface area is 169 Å². The first-order valence-electron chi connectivity index (χ1n) is 9.82. The van der Waals surface area contributed by atoms with Gasteiger partial charge in [-0.3, -0.25) is 4.79 Å². The summed E-state index contributed by atoms with van der Waals surface area (Å²) in [5, 5.41) is 2.94. The van der Waals surface area contributed by atoms with Gasteiger partial charge in [0.1, 0.15) is 6.10 Å². The van der Waals surface area contributed by atoms with Crippen molar-refractivity contribution in [1.29, 1.82) is 0 Å². The predicted octanol–water partition coefficient (Wildman–Crippen LogP) is 3.94. The Balaban J connectivity index is 1.48. The molecule has 5 heteroatoms. The van der Waals surface area contributed by atoms with E-state index in [2.05, 4.69) is 34.1 Å². The highest BCUT2D eigenvalue weighted by atomic mass is 16.6. The van der Waals surface area contributed by atoms with Gasteiger partial charge in [0.05, 0.1) is 25.4 Å². The average Bonchev–Trinajstić information content (AvgIpc) is 3.42. The van der Waals surface area contributed by atoms with E-state index in [1.54, 1.807) is 0 Å². The lowest BCUT2D eigenvalue weighted by molar-refractivity contribution is -0.110. The number of anilines is 1. The smallest absolute Gasteiger partial charge is 0.256 e. The van der Waals surface area contributed by atoms with Gasteiger partial charge < -0.3 is 19.4 Å². The highest BCUT2D eigenvalue weighted by molar-refractivity contribution is 6.34. The van der Waals surface area contributed by atoms with E-state index in [4.69, 9.17) is 9.47 Å². The number of hydrogen-bond donors (Lipinski definition) is 1. The number of aromatic nitrogens is 1. The third kappa shape index (κ3) is 3.88. The summed E-state index contributed by atoms with van der Waals surface area (Å²) >= 11 is 0. The standard InChI is InChI=1S/C24H22N2O3/c27-24-22(21-8-4-5-9-23(21)25-24)12-18-10-11-19(14-28-15-20-16-29-20)26(18)13-17-6-2-1-3-7-17/h1-12,20H,13-16H2,(H,25,27)/b22-12-. The molecule has 1 fully saturated rings. The van der Waals surface area contributed by atoms with E-state index in [0.29, 0.717) is 18.8 Å². The van der Waals surface area contributed by atoms with Gasteiger partial charge >= 0.3 is 0 Å². The monoisotopic (exact) mass is 386 g/mol. The molecule has 0 aliphatic carbocycles. The molecule has 1 N–H and O–H groups in total. The summed E-state index contributed by atoms with van der Waals surface area (Å²) in [6.07, 6.45) is 2.21. The molecular weight excluding hydrogens is 364 g/mol. The minimum Gasteiger partial charge on any atom is -0.372 e. The number of epoxide rings is 1. The number of carbonyl (C=O) groups is 1. The van der Waals surface area contributed by atoms with Crippen LogP contribution in [0.3, 0.4) is 0 Å². The molecule has 3 heterocycles. The highest BCUT2D eigenvalue weighted by Crippen LogP contribution is 2.33. The number of amides is 1. The molecule has 2 aliphatic rings. The Morgan fingerprint density at radius 3 is 2.69 bits per heavy atom. The maximum Gasteiger partial charge on any atom is 0.256 e. The summed E-state index contributed by atoms with van der Waals surface area (Å²) in [5.74, 6) is -0.0673. The van der Waals surface area contributed by atoms with E-state index in [9.17, 15) is 4.79 Å². The van der Waals surface area contributed by atoms with Crippen molar-refractivity contribution in [3.05, 3.63) is 89.2 Å². The van der Waals surface area contributed by atoms with Crippen LogP contribution in [0.5, 0.6) is 0 Å². The summed E-state index contributed by atoms with van der Waals surface area (Å²) in [6.45, 7) is 2.63. The first-order valence-corrected chi connectivity index (χ1v) is 9.82. The third-order valence-electron chi connectivity index (χ3n) is 5.25. The Bertz CT molecular complexity index is 1060. The Morgan fingerprint density at radius 1 is 1.07 bits per heavy atom. The third-order valence-corrected chi connectivity index (χ3v) is 5.25. The molecule has 1 saturated heterocycles. The van der Waals surface area contributed by atoms with Crippen molar-refractivity contribution < 1.29 is 14.3 Å². The molecule has 5 rings (SSSR count). The van der Waals surface area contributed by atoms with Crippen molar-refractivity contribution in [3.8, 4) is 0 Å². The number of para-hydroxylation sites is 1. The van der Waals surface area contributed by atoms with Crippen LogP contribution in [-0.2, 0) is 27.4 Å². The average molecular weight is 386 g/mol. The number of nitrogens with zero attached hydrogens (tertiary/aromatic N) is 1. The number of ether oxygens (including phenoxy) is 2. The van der Waals surface area contributed by atoms with Crippen LogP contribution in [0.15, 0.2) is 66.7 Å². The fraction of sp³-hybridized carbons (Fsp3) is 0.208. The van der Waals surface area contributed by atoms with E-state index < -0.39 is 0 Å². The van der Waals surface area contributed by atoms with Gasteiger partial charge in [-0.05, 0) is 29.8 Å². The molecule has 1 atom stereocenters. The summed E-state index contributed by atoms with van der Waals surface area (Å²) in [7, 11) is 0. The van der Waals surface area contributed by atoms with Gasteiger partial charge in [0, 0.05) is 29.2 Å². The zero-order chi connectivity index (χ0) is 19.6. The van der Waals surface area contributed by atoms with Gasteiger partial charge in [-0.15, -0.1) is 0 Å². The van der Waals surface area contributed by atoms with Crippen molar-refractivity contribution in [2.24, 2.45) is 0 Å². The van der Waals surface area contributed by atoms with Crippen molar-refractivity contribution >= 4 is 23.2 Å². The van der Waals surface area contributed by atoms with Crippen LogP contribution in [0.2, 0.25) is 0 Å². The lowest BCUT2D eigenvalue weighted by atomic mass is 10.1. The summed E-state index contributed by atoms with van der Waals surface area (Å²) in [5.41, 5.74) is 5.75. The van der Waals surface area contributed by atoms with Crippen LogP contribution in [-0.4, -0.2) is 29.8 Å². The first kappa shape index (κ1) is 17.9. The Morgan fingerprint density at radius 2 is 1.86 bits per heavy atom. The van der Waals surface area contributed by atoms with Gasteiger partial charge in [-0.2, -0.15) is 0 Å². The van der Waals surface area contributed by atoms with Gasteiger partial charge in [0.2, 0.25) is 0 Å². The van der Waals surface area contributed by atoms with Crippen molar-refractivity contribution in [1.82, 2.24) is 4.57 Å². The molecule has 1 unspecified atom stereocenters. The van der Waals surface area contributed by atoms with Gasteiger partial charge in [0.15, 0.2) is 0 Å². The second kappa shape index (κ2) is 7.70. The van der Waals surface area contributed by atoms with Crippen LogP contribution in [0.1, 0.15) is 22.5 Å². The van der Waals surface area contributed by atoms with E-state index >= 15 is 0 Å².